The molecular formula is C45H70N14O4S2. The first-order chi connectivity index (χ1) is 30.6. The summed E-state index contributed by atoms with van der Waals surface area (Å²) in [6, 6.07) is 12.5. The average Bonchev–Trinajstić information content (AvgIpc) is 3.23. The van der Waals surface area contributed by atoms with E-state index in [0.717, 1.165) is 11.1 Å². The predicted molar refractivity (Wildman–Crippen MR) is 269 cm³/mol. The highest BCUT2D eigenvalue weighted by Crippen LogP contribution is 2.41. The molecule has 2 atom stereocenters. The van der Waals surface area contributed by atoms with Crippen LogP contribution in [0.3, 0.4) is 0 Å². The quantitative estimate of drug-likeness (QED) is 0.0274. The molecule has 356 valence electrons. The molecule has 0 fully saturated rings. The van der Waals surface area contributed by atoms with E-state index in [2.05, 4.69) is 37.2 Å². The smallest absolute Gasteiger partial charge is 0.255 e. The molecule has 20 heteroatoms. The minimum absolute atomic E-state index is 0.136. The Morgan fingerprint density at radius 1 is 0.631 bits per heavy atom. The highest BCUT2D eigenvalue weighted by atomic mass is 32.2. The summed E-state index contributed by atoms with van der Waals surface area (Å²) >= 11 is 2.78. The van der Waals surface area contributed by atoms with Crippen LogP contribution in [0.1, 0.15) is 99.1 Å². The summed E-state index contributed by atoms with van der Waals surface area (Å²) in [6.45, 7) is 13.7. The summed E-state index contributed by atoms with van der Waals surface area (Å²) < 4.78 is 0. The van der Waals surface area contributed by atoms with Gasteiger partial charge in [-0.25, -0.2) is 0 Å². The van der Waals surface area contributed by atoms with Crippen LogP contribution in [0.4, 0.5) is 22.7 Å². The fourth-order valence-corrected chi connectivity index (χ4v) is 8.08. The number of guanidine groups is 2. The molecule has 0 aliphatic rings. The first-order valence-corrected chi connectivity index (χ1v) is 23.5. The molecular weight excluding hydrogens is 865 g/mol. The Morgan fingerprint density at radius 3 is 1.42 bits per heavy atom. The van der Waals surface area contributed by atoms with Crippen molar-refractivity contribution < 1.29 is 19.2 Å². The molecule has 0 saturated heterocycles. The molecule has 0 spiro atoms. The Kier molecular flexibility index (Phi) is 21.0. The molecule has 0 bridgehead atoms. The molecule has 0 aliphatic carbocycles. The lowest BCUT2D eigenvalue weighted by Crippen LogP contribution is -2.39. The van der Waals surface area contributed by atoms with Gasteiger partial charge in [-0.3, -0.25) is 30.0 Å². The second kappa shape index (κ2) is 25.4. The van der Waals surface area contributed by atoms with Crippen LogP contribution in [-0.2, 0) is 20.4 Å². The molecule has 3 rings (SSSR count). The van der Waals surface area contributed by atoms with Crippen molar-refractivity contribution in [1.29, 1.82) is 10.8 Å². The first-order valence-electron chi connectivity index (χ1n) is 21.5. The van der Waals surface area contributed by atoms with Crippen molar-refractivity contribution in [3.63, 3.8) is 0 Å². The van der Waals surface area contributed by atoms with Gasteiger partial charge in [0.05, 0.1) is 44.6 Å². The van der Waals surface area contributed by atoms with E-state index < -0.39 is 29.8 Å². The molecule has 0 radical (unpaired) electrons. The van der Waals surface area contributed by atoms with Crippen molar-refractivity contribution in [2.24, 2.45) is 28.7 Å². The van der Waals surface area contributed by atoms with Gasteiger partial charge >= 0.3 is 0 Å². The maximum atomic E-state index is 14.2. The third-order valence-electron chi connectivity index (χ3n) is 10.0. The van der Waals surface area contributed by atoms with Crippen LogP contribution in [0, 0.1) is 10.8 Å². The summed E-state index contributed by atoms with van der Waals surface area (Å²) in [6.07, 6.45) is 1.93. The minimum atomic E-state index is -0.846. The van der Waals surface area contributed by atoms with Crippen molar-refractivity contribution in [1.82, 2.24) is 16.0 Å². The molecule has 0 heterocycles. The van der Waals surface area contributed by atoms with Crippen LogP contribution in [0.2, 0.25) is 0 Å². The van der Waals surface area contributed by atoms with Crippen LogP contribution in [0.5, 0.6) is 0 Å². The first kappa shape index (κ1) is 54.0. The van der Waals surface area contributed by atoms with E-state index in [4.69, 9.17) is 39.5 Å². The molecule has 0 aromatic heterocycles. The number of hydrogen-bond donors (Lipinski definition) is 14. The van der Waals surface area contributed by atoms with Crippen LogP contribution in [-0.4, -0.2) is 92.4 Å². The predicted octanol–water partition coefficient (Wildman–Crippen LogP) is 4.21. The van der Waals surface area contributed by atoms with E-state index in [1.54, 1.807) is 25.2 Å². The maximum Gasteiger partial charge on any atom is 0.255 e. The highest BCUT2D eigenvalue weighted by molar-refractivity contribution is 7.99. The number of amides is 4. The number of carbonyl (C=O) groups is 4. The van der Waals surface area contributed by atoms with Gasteiger partial charge in [0.1, 0.15) is 0 Å². The number of hydrogen-bond acceptors (Lipinski definition) is 12. The van der Waals surface area contributed by atoms with Gasteiger partial charge in [-0.15, -0.1) is 23.5 Å². The Hall–Kier alpha value is -5.38. The Bertz CT molecular complexity index is 2160. The third-order valence-corrected chi connectivity index (χ3v) is 12.4. The number of nitrogens with one attached hydrogen (secondary N) is 9. The largest absolute Gasteiger partial charge is 0.370 e. The van der Waals surface area contributed by atoms with Crippen molar-refractivity contribution >= 4 is 81.8 Å². The molecule has 18 nitrogen and oxygen atoms in total. The van der Waals surface area contributed by atoms with Crippen molar-refractivity contribution in [3.05, 3.63) is 70.8 Å². The van der Waals surface area contributed by atoms with Gasteiger partial charge in [-0.1, -0.05) is 47.6 Å². The number of nitrogens with two attached hydrogens (primary N) is 5. The Labute approximate surface area is 391 Å². The molecule has 4 amide bonds. The molecule has 0 aliphatic heterocycles. The summed E-state index contributed by atoms with van der Waals surface area (Å²) in [5.74, 6) is -0.939. The van der Waals surface area contributed by atoms with Gasteiger partial charge in [0.15, 0.2) is 11.9 Å². The molecule has 0 saturated carbocycles. The van der Waals surface area contributed by atoms with Gasteiger partial charge in [-0.2, -0.15) is 0 Å². The minimum Gasteiger partial charge on any atom is -0.370 e. The molecule has 3 aromatic rings. The monoisotopic (exact) mass is 935 g/mol. The second-order valence-corrected chi connectivity index (χ2v) is 19.7. The summed E-state index contributed by atoms with van der Waals surface area (Å²) in [5.41, 5.74) is 32.2. The van der Waals surface area contributed by atoms with Gasteiger partial charge in [0.25, 0.3) is 11.8 Å². The van der Waals surface area contributed by atoms with Gasteiger partial charge in [0.2, 0.25) is 11.8 Å². The summed E-state index contributed by atoms with van der Waals surface area (Å²) in [4.78, 5) is 56.6. The zero-order chi connectivity index (χ0) is 48.5. The third kappa shape index (κ3) is 17.2. The molecule has 65 heavy (non-hydrogen) atoms. The lowest BCUT2D eigenvalue weighted by atomic mass is 9.86. The Balaban J connectivity index is 1.99. The zero-order valence-corrected chi connectivity index (χ0v) is 40.3. The fourth-order valence-electron chi connectivity index (χ4n) is 6.38. The molecule has 3 aromatic carbocycles. The number of anilines is 4. The average molecular weight is 935 g/mol. The van der Waals surface area contributed by atoms with E-state index >= 15 is 0 Å². The van der Waals surface area contributed by atoms with Gasteiger partial charge in [-0.05, 0) is 97.2 Å². The van der Waals surface area contributed by atoms with Crippen molar-refractivity contribution in [2.75, 3.05) is 66.0 Å². The van der Waals surface area contributed by atoms with Crippen LogP contribution >= 0.6 is 23.5 Å². The summed E-state index contributed by atoms with van der Waals surface area (Å²) in [5, 5.41) is 35.5. The number of carbonyl (C=O) groups excluding carboxylic acids is 4. The second-order valence-electron chi connectivity index (χ2n) is 17.5. The standard InChI is InChI=1S/C45H70N14O4S2/c1-44(2,3)28-22-32(36(64-19-15-46)34(24-28)58-40(62)30(48)13-9-17-54-42(49)50)56-38(60)26-11-8-12-27(21-26)39(61)57-33-23-29(45(4,5)6)25-35(37(33)65-20-16-47)59-41(63)31(53-7)14-10-18-55-43(51)52/h8,11-12,21-25,30-31,53H,9-10,13-20,46-48H2,1-7H3,(H,56,60)(H,57,61)(H,58,62)(H,59,63)(H4,49,50,54)(H4,51,52,55)/t30?,31-/m1/s1. The van der Waals surface area contributed by atoms with Crippen LogP contribution in [0.15, 0.2) is 58.3 Å². The highest BCUT2D eigenvalue weighted by Gasteiger charge is 2.26. The van der Waals surface area contributed by atoms with E-state index in [-0.39, 0.29) is 39.8 Å². The zero-order valence-electron chi connectivity index (χ0n) is 38.7. The molecule has 1 unspecified atom stereocenters. The van der Waals surface area contributed by atoms with Crippen molar-refractivity contribution in [3.8, 4) is 0 Å². The van der Waals surface area contributed by atoms with E-state index in [1.807, 2.05) is 65.8 Å². The van der Waals surface area contributed by atoms with Gasteiger partial charge in [0, 0.05) is 48.8 Å². The van der Waals surface area contributed by atoms with E-state index in [1.165, 1.54) is 29.6 Å². The fraction of sp³-hybridized carbons (Fsp3) is 0.467. The van der Waals surface area contributed by atoms with Gasteiger partial charge < -0.3 is 65.9 Å². The Morgan fingerprint density at radius 2 is 1.03 bits per heavy atom. The maximum absolute atomic E-state index is 14.2. The number of benzene rings is 3. The van der Waals surface area contributed by atoms with E-state index in [0.29, 0.717) is 95.9 Å². The lowest BCUT2D eigenvalue weighted by molar-refractivity contribution is -0.118. The number of likely N-dealkylation sites (N-methyl/N-ethyl adjacent to an activating group) is 1. The normalized spacial score (nSPS) is 12.4. The number of rotatable bonds is 23. The van der Waals surface area contributed by atoms with E-state index in [9.17, 15) is 19.2 Å². The van der Waals surface area contributed by atoms with Crippen LogP contribution in [0.25, 0.3) is 0 Å². The lowest BCUT2D eigenvalue weighted by Gasteiger charge is -2.25. The number of thioether (sulfide) groups is 2. The summed E-state index contributed by atoms with van der Waals surface area (Å²) in [7, 11) is 1.71. The molecule has 19 N–H and O–H groups in total. The van der Waals surface area contributed by atoms with Crippen molar-refractivity contribution in [2.45, 2.75) is 99.9 Å². The van der Waals surface area contributed by atoms with Crippen LogP contribution < -0.4 is 65.9 Å². The SMILES string of the molecule is CN[C@H](CCCNC(=N)N)C(=O)Nc1cc(C(C)(C)C)cc(NC(=O)c2cccc(C(=O)Nc3cc(C(C)(C)C)cc(NC(=O)C(N)CCCNC(=N)N)c3SCCN)c2)c1SCCN. The topological polar surface area (TPSA) is 330 Å².